The maximum atomic E-state index is 11.7. The molecule has 152 valence electrons. The Balaban J connectivity index is 1.63. The molecule has 4 aromatic rings. The summed E-state index contributed by atoms with van der Waals surface area (Å²) in [6.07, 6.45) is 1.69. The van der Waals surface area contributed by atoms with E-state index >= 15 is 0 Å². The number of oxazole rings is 1. The van der Waals surface area contributed by atoms with E-state index in [4.69, 9.17) is 10.2 Å². The number of carbonyl (C=O) groups is 1. The first kappa shape index (κ1) is 19.2. The van der Waals surface area contributed by atoms with Crippen LogP contribution in [0.15, 0.2) is 45.7 Å². The summed E-state index contributed by atoms with van der Waals surface area (Å²) in [4.78, 5) is 34.5. The summed E-state index contributed by atoms with van der Waals surface area (Å²) < 4.78 is 5.02. The number of aryl methyl sites for hydroxylation is 2. The molecular formula is C21H20N6O3. The molecule has 0 saturated carbocycles. The topological polar surface area (TPSA) is 139 Å². The molecule has 0 aliphatic carbocycles. The van der Waals surface area contributed by atoms with Crippen LogP contribution in [0.5, 0.6) is 0 Å². The monoisotopic (exact) mass is 404 g/mol. The first-order valence-electron chi connectivity index (χ1n) is 9.22. The number of H-pyrrole nitrogens is 1. The number of benzene rings is 2. The quantitative estimate of drug-likeness (QED) is 0.400. The Morgan fingerprint density at radius 2 is 1.87 bits per heavy atom. The van der Waals surface area contributed by atoms with Crippen LogP contribution in [0.25, 0.3) is 11.1 Å². The van der Waals surface area contributed by atoms with Gasteiger partial charge >= 0.3 is 5.76 Å². The van der Waals surface area contributed by atoms with Gasteiger partial charge in [0.2, 0.25) is 11.9 Å². The van der Waals surface area contributed by atoms with Crippen LogP contribution in [0.2, 0.25) is 0 Å². The Hall–Kier alpha value is -4.14. The number of nitrogens with one attached hydrogen (secondary N) is 3. The highest BCUT2D eigenvalue weighted by atomic mass is 16.4. The van der Waals surface area contributed by atoms with E-state index in [0.29, 0.717) is 34.1 Å². The van der Waals surface area contributed by atoms with Gasteiger partial charge in [0.15, 0.2) is 5.58 Å². The summed E-state index contributed by atoms with van der Waals surface area (Å²) in [5.41, 5.74) is 11.0. The molecule has 0 bridgehead atoms. The summed E-state index contributed by atoms with van der Waals surface area (Å²) in [5, 5.41) is 6.34. The van der Waals surface area contributed by atoms with Crippen molar-refractivity contribution >= 4 is 40.1 Å². The number of aromatic amines is 1. The lowest BCUT2D eigenvalue weighted by atomic mass is 10.0. The van der Waals surface area contributed by atoms with Crippen LogP contribution in [0, 0.1) is 20.8 Å². The zero-order valence-electron chi connectivity index (χ0n) is 16.7. The van der Waals surface area contributed by atoms with E-state index in [0.717, 1.165) is 22.4 Å². The summed E-state index contributed by atoms with van der Waals surface area (Å²) in [6.45, 7) is 5.64. The number of anilines is 4. The van der Waals surface area contributed by atoms with Crippen molar-refractivity contribution in [1.29, 1.82) is 0 Å². The SMILES string of the molecule is Cc1cnc(Nc2cc(C)c(C)c(C(N)=O)c2)nc1Nc1ccc2oc(=O)[nH]c2c1. The van der Waals surface area contributed by atoms with E-state index in [9.17, 15) is 9.59 Å². The molecule has 2 heterocycles. The van der Waals surface area contributed by atoms with E-state index in [1.807, 2.05) is 26.8 Å². The molecule has 30 heavy (non-hydrogen) atoms. The van der Waals surface area contributed by atoms with Crippen LogP contribution in [0.3, 0.4) is 0 Å². The molecule has 9 nitrogen and oxygen atoms in total. The highest BCUT2D eigenvalue weighted by Crippen LogP contribution is 2.25. The Morgan fingerprint density at radius 1 is 1.07 bits per heavy atom. The lowest BCUT2D eigenvalue weighted by molar-refractivity contribution is 0.0999. The van der Waals surface area contributed by atoms with Crippen molar-refractivity contribution in [2.75, 3.05) is 10.6 Å². The van der Waals surface area contributed by atoms with Crippen molar-refractivity contribution in [3.8, 4) is 0 Å². The fraction of sp³-hybridized carbons (Fsp3) is 0.143. The standard InChI is InChI=1S/C21H20N6O3/c1-10-6-14(7-15(12(10)3)18(22)28)25-20-23-9-11(2)19(27-20)24-13-4-5-17-16(8-13)26-21(29)30-17/h4-9H,1-3H3,(H2,22,28)(H,26,29)(H2,23,24,25,27). The van der Waals surface area contributed by atoms with Gasteiger partial charge in [-0.2, -0.15) is 4.98 Å². The second-order valence-electron chi connectivity index (χ2n) is 7.03. The molecule has 0 unspecified atom stereocenters. The fourth-order valence-electron chi connectivity index (χ4n) is 3.11. The molecular weight excluding hydrogens is 384 g/mol. The van der Waals surface area contributed by atoms with Crippen LogP contribution < -0.4 is 22.1 Å². The van der Waals surface area contributed by atoms with Gasteiger partial charge in [-0.15, -0.1) is 0 Å². The summed E-state index contributed by atoms with van der Waals surface area (Å²) >= 11 is 0. The van der Waals surface area contributed by atoms with E-state index < -0.39 is 11.7 Å². The Morgan fingerprint density at radius 3 is 2.63 bits per heavy atom. The summed E-state index contributed by atoms with van der Waals surface area (Å²) in [6, 6.07) is 8.84. The number of carbonyl (C=O) groups excluding carboxylic acids is 1. The molecule has 0 spiro atoms. The third-order valence-corrected chi connectivity index (χ3v) is 4.84. The van der Waals surface area contributed by atoms with Crippen LogP contribution in [-0.4, -0.2) is 20.9 Å². The highest BCUT2D eigenvalue weighted by molar-refractivity contribution is 5.95. The number of nitrogens with zero attached hydrogens (tertiary/aromatic N) is 2. The Bertz CT molecular complexity index is 1340. The lowest BCUT2D eigenvalue weighted by Gasteiger charge is -2.13. The molecule has 2 aromatic carbocycles. The van der Waals surface area contributed by atoms with Gasteiger partial charge < -0.3 is 20.8 Å². The predicted molar refractivity (Wildman–Crippen MR) is 115 cm³/mol. The molecule has 0 radical (unpaired) electrons. The maximum Gasteiger partial charge on any atom is 0.417 e. The lowest BCUT2D eigenvalue weighted by Crippen LogP contribution is -2.14. The van der Waals surface area contributed by atoms with Crippen LogP contribution >= 0.6 is 0 Å². The molecule has 5 N–H and O–H groups in total. The van der Waals surface area contributed by atoms with Gasteiger partial charge in [0.1, 0.15) is 5.82 Å². The minimum Gasteiger partial charge on any atom is -0.408 e. The molecule has 4 rings (SSSR count). The maximum absolute atomic E-state index is 11.7. The average Bonchev–Trinajstić information content (AvgIpc) is 3.06. The Labute approximate surface area is 171 Å². The second-order valence-corrected chi connectivity index (χ2v) is 7.03. The zero-order valence-corrected chi connectivity index (χ0v) is 16.7. The second kappa shape index (κ2) is 7.36. The minimum absolute atomic E-state index is 0.361. The first-order valence-corrected chi connectivity index (χ1v) is 9.22. The summed E-state index contributed by atoms with van der Waals surface area (Å²) in [5.74, 6) is -0.0362. The zero-order chi connectivity index (χ0) is 21.4. The largest absolute Gasteiger partial charge is 0.417 e. The number of hydrogen-bond donors (Lipinski definition) is 4. The van der Waals surface area contributed by atoms with Crippen molar-refractivity contribution in [2.45, 2.75) is 20.8 Å². The molecule has 9 heteroatoms. The van der Waals surface area contributed by atoms with Crippen molar-refractivity contribution in [3.05, 3.63) is 69.3 Å². The van der Waals surface area contributed by atoms with E-state index in [1.54, 1.807) is 30.5 Å². The van der Waals surface area contributed by atoms with Gasteiger partial charge in [-0.1, -0.05) is 0 Å². The van der Waals surface area contributed by atoms with Crippen molar-refractivity contribution in [1.82, 2.24) is 15.0 Å². The molecule has 1 amide bonds. The fourth-order valence-corrected chi connectivity index (χ4v) is 3.11. The van der Waals surface area contributed by atoms with Gasteiger partial charge in [0.25, 0.3) is 0 Å². The predicted octanol–water partition coefficient (Wildman–Crippen LogP) is 3.42. The number of fused-ring (bicyclic) bond motifs is 1. The molecule has 0 fully saturated rings. The number of amides is 1. The van der Waals surface area contributed by atoms with Crippen LogP contribution in [-0.2, 0) is 0 Å². The van der Waals surface area contributed by atoms with Gasteiger partial charge in [0.05, 0.1) is 5.52 Å². The van der Waals surface area contributed by atoms with Crippen molar-refractivity contribution in [3.63, 3.8) is 0 Å². The molecule has 2 aromatic heterocycles. The smallest absolute Gasteiger partial charge is 0.408 e. The van der Waals surface area contributed by atoms with Gasteiger partial charge in [0, 0.05) is 28.7 Å². The number of hydrogen-bond acceptors (Lipinski definition) is 7. The van der Waals surface area contributed by atoms with E-state index in [2.05, 4.69) is 25.6 Å². The third-order valence-electron chi connectivity index (χ3n) is 4.84. The molecule has 0 aliphatic rings. The van der Waals surface area contributed by atoms with Crippen LogP contribution in [0.1, 0.15) is 27.0 Å². The summed E-state index contributed by atoms with van der Waals surface area (Å²) in [7, 11) is 0. The van der Waals surface area contributed by atoms with E-state index in [-0.39, 0.29) is 0 Å². The van der Waals surface area contributed by atoms with E-state index in [1.165, 1.54) is 0 Å². The minimum atomic E-state index is -0.504. The number of rotatable bonds is 5. The average molecular weight is 404 g/mol. The number of aromatic nitrogens is 3. The van der Waals surface area contributed by atoms with Gasteiger partial charge in [-0.3, -0.25) is 9.78 Å². The van der Waals surface area contributed by atoms with Crippen LogP contribution in [0.4, 0.5) is 23.1 Å². The van der Waals surface area contributed by atoms with Gasteiger partial charge in [-0.25, -0.2) is 9.78 Å². The normalized spacial score (nSPS) is 10.9. The highest BCUT2D eigenvalue weighted by Gasteiger charge is 2.11. The van der Waals surface area contributed by atoms with Crippen molar-refractivity contribution < 1.29 is 9.21 Å². The molecule has 0 aliphatic heterocycles. The van der Waals surface area contributed by atoms with Gasteiger partial charge in [-0.05, 0) is 62.2 Å². The molecule has 0 atom stereocenters. The number of primary amides is 1. The Kier molecular flexibility index (Phi) is 4.71. The first-order chi connectivity index (χ1) is 14.3. The third kappa shape index (κ3) is 3.72. The van der Waals surface area contributed by atoms with Crippen molar-refractivity contribution in [2.24, 2.45) is 5.73 Å². The molecule has 0 saturated heterocycles. The number of nitrogens with two attached hydrogens (primary N) is 1.